The molecular formula is C13H16N2O5. The molecule has 0 aliphatic rings. The number of amides is 1. The molecular weight excluding hydrogens is 264 g/mol. The van der Waals surface area contributed by atoms with E-state index in [1.54, 1.807) is 30.3 Å². The van der Waals surface area contributed by atoms with E-state index in [-0.39, 0.29) is 6.42 Å². The van der Waals surface area contributed by atoms with Gasteiger partial charge < -0.3 is 15.6 Å². The number of rotatable bonds is 7. The van der Waals surface area contributed by atoms with Gasteiger partial charge in [0, 0.05) is 6.92 Å². The molecule has 108 valence electrons. The van der Waals surface area contributed by atoms with Gasteiger partial charge in [-0.15, -0.1) is 0 Å². The van der Waals surface area contributed by atoms with E-state index in [0.717, 1.165) is 12.5 Å². The molecule has 0 aromatic heterocycles. The molecule has 0 fully saturated rings. The molecule has 7 nitrogen and oxygen atoms in total. The number of nitrogens with one attached hydrogen (secondary N) is 1. The summed E-state index contributed by atoms with van der Waals surface area (Å²) in [5.41, 5.74) is 5.82. The van der Waals surface area contributed by atoms with Crippen LogP contribution in [0.25, 0.3) is 0 Å². The molecule has 0 aliphatic carbocycles. The van der Waals surface area contributed by atoms with Crippen molar-refractivity contribution in [2.45, 2.75) is 25.6 Å². The first-order valence-corrected chi connectivity index (χ1v) is 5.89. The van der Waals surface area contributed by atoms with Crippen LogP contribution in [0.5, 0.6) is 0 Å². The van der Waals surface area contributed by atoms with Gasteiger partial charge in [-0.1, -0.05) is 30.3 Å². The minimum Gasteiger partial charge on any atom is -0.480 e. The molecule has 1 aromatic carbocycles. The number of hydrogen-bond donors (Lipinski definition) is 3. The molecule has 1 rings (SSSR count). The van der Waals surface area contributed by atoms with Crippen LogP contribution in [0.4, 0.5) is 0 Å². The van der Waals surface area contributed by atoms with Gasteiger partial charge in [0.1, 0.15) is 6.04 Å². The zero-order valence-electron chi connectivity index (χ0n) is 10.9. The van der Waals surface area contributed by atoms with Crippen molar-refractivity contribution in [3.05, 3.63) is 35.9 Å². The van der Waals surface area contributed by atoms with Crippen molar-refractivity contribution in [2.24, 2.45) is 5.73 Å². The molecule has 7 heteroatoms. The number of aliphatic carboxylic acids is 1. The largest absolute Gasteiger partial charge is 0.480 e. The molecule has 0 saturated heterocycles. The average Bonchev–Trinajstić information content (AvgIpc) is 2.37. The monoisotopic (exact) mass is 280 g/mol. The molecule has 1 aromatic rings. The highest BCUT2D eigenvalue weighted by Gasteiger charge is 2.26. The smallest absolute Gasteiger partial charge is 0.321 e. The summed E-state index contributed by atoms with van der Waals surface area (Å²) in [6, 6.07) is 7.75. The second-order valence-corrected chi connectivity index (χ2v) is 4.14. The minimum atomic E-state index is -1.47. The molecule has 2 atom stereocenters. The topological polar surface area (TPSA) is 119 Å². The van der Waals surface area contributed by atoms with Crippen molar-refractivity contribution in [2.75, 3.05) is 0 Å². The molecule has 0 heterocycles. The molecule has 0 spiro atoms. The Labute approximate surface area is 115 Å². The van der Waals surface area contributed by atoms with Crippen LogP contribution in [0, 0.1) is 0 Å². The highest BCUT2D eigenvalue weighted by atomic mass is 16.6. The Balaban J connectivity index is 2.77. The Morgan fingerprint density at radius 2 is 1.90 bits per heavy atom. The molecule has 0 saturated carbocycles. The molecule has 0 aliphatic heterocycles. The summed E-state index contributed by atoms with van der Waals surface area (Å²) < 4.78 is 4.64. The molecule has 1 amide bonds. The van der Waals surface area contributed by atoms with Crippen LogP contribution in [0.15, 0.2) is 30.3 Å². The number of ether oxygens (including phenoxy) is 1. The van der Waals surface area contributed by atoms with Crippen LogP contribution in [0.2, 0.25) is 0 Å². The van der Waals surface area contributed by atoms with Crippen molar-refractivity contribution in [1.82, 2.24) is 5.32 Å². The maximum Gasteiger partial charge on any atom is 0.321 e. The number of benzene rings is 1. The normalized spacial score (nSPS) is 13.2. The Bertz CT molecular complexity index is 489. The lowest BCUT2D eigenvalue weighted by Crippen LogP contribution is -2.52. The standard InChI is InChI=1S/C13H16N2O5/c1-8(16)20-12(11(14)17)15-10(13(18)19)7-9-5-3-2-4-6-9/h2-6,10,12,15H,7H2,1H3,(H2,14,17)(H,18,19)/t10-,12?/m0/s1. The van der Waals surface area contributed by atoms with E-state index in [1.807, 2.05) is 0 Å². The fourth-order valence-electron chi connectivity index (χ4n) is 1.59. The molecule has 4 N–H and O–H groups in total. The Morgan fingerprint density at radius 3 is 2.35 bits per heavy atom. The van der Waals surface area contributed by atoms with Crippen molar-refractivity contribution < 1.29 is 24.2 Å². The summed E-state index contributed by atoms with van der Waals surface area (Å²) in [6.45, 7) is 1.10. The molecule has 0 bridgehead atoms. The summed E-state index contributed by atoms with van der Waals surface area (Å²) in [4.78, 5) is 33.2. The van der Waals surface area contributed by atoms with Gasteiger partial charge in [-0.2, -0.15) is 0 Å². The Hall–Kier alpha value is -2.41. The van der Waals surface area contributed by atoms with E-state index < -0.39 is 30.1 Å². The summed E-state index contributed by atoms with van der Waals surface area (Å²) in [5, 5.41) is 11.6. The number of primary amides is 1. The van der Waals surface area contributed by atoms with E-state index in [2.05, 4.69) is 10.1 Å². The van der Waals surface area contributed by atoms with E-state index in [0.29, 0.717) is 0 Å². The first-order chi connectivity index (χ1) is 9.40. The van der Waals surface area contributed by atoms with E-state index in [4.69, 9.17) is 10.8 Å². The highest BCUT2D eigenvalue weighted by molar-refractivity contribution is 5.82. The van der Waals surface area contributed by atoms with Gasteiger partial charge in [0.15, 0.2) is 0 Å². The van der Waals surface area contributed by atoms with Gasteiger partial charge in [0.2, 0.25) is 6.23 Å². The minimum absolute atomic E-state index is 0.126. The Kier molecular flexibility index (Phi) is 5.67. The van der Waals surface area contributed by atoms with Crippen molar-refractivity contribution in [1.29, 1.82) is 0 Å². The fourth-order valence-corrected chi connectivity index (χ4v) is 1.59. The lowest BCUT2D eigenvalue weighted by Gasteiger charge is -2.20. The zero-order chi connectivity index (χ0) is 15.1. The second-order valence-electron chi connectivity index (χ2n) is 4.14. The summed E-state index contributed by atoms with van der Waals surface area (Å²) in [6.07, 6.45) is -1.35. The summed E-state index contributed by atoms with van der Waals surface area (Å²) in [7, 11) is 0. The quantitative estimate of drug-likeness (QED) is 0.464. The molecule has 1 unspecified atom stereocenters. The van der Waals surface area contributed by atoms with Crippen LogP contribution in [-0.2, 0) is 25.5 Å². The predicted molar refractivity (Wildman–Crippen MR) is 69.5 cm³/mol. The van der Waals surface area contributed by atoms with Crippen molar-refractivity contribution in [3.8, 4) is 0 Å². The number of carboxylic acid groups (broad SMARTS) is 1. The third-order valence-corrected chi connectivity index (χ3v) is 2.48. The Morgan fingerprint density at radius 1 is 1.30 bits per heavy atom. The third-order valence-electron chi connectivity index (χ3n) is 2.48. The number of hydrogen-bond acceptors (Lipinski definition) is 5. The highest BCUT2D eigenvalue weighted by Crippen LogP contribution is 2.05. The van der Waals surface area contributed by atoms with Crippen LogP contribution in [0.1, 0.15) is 12.5 Å². The van der Waals surface area contributed by atoms with Crippen LogP contribution < -0.4 is 11.1 Å². The van der Waals surface area contributed by atoms with Gasteiger partial charge >= 0.3 is 11.9 Å². The number of carbonyl (C=O) groups is 3. The first kappa shape index (κ1) is 15.6. The van der Waals surface area contributed by atoms with Gasteiger partial charge in [-0.05, 0) is 12.0 Å². The van der Waals surface area contributed by atoms with Gasteiger partial charge in [0.05, 0.1) is 0 Å². The third kappa shape index (κ3) is 5.07. The fraction of sp³-hybridized carbons (Fsp3) is 0.308. The molecule has 0 radical (unpaired) electrons. The first-order valence-electron chi connectivity index (χ1n) is 5.89. The zero-order valence-corrected chi connectivity index (χ0v) is 10.9. The predicted octanol–water partition coefficient (Wildman–Crippen LogP) is -0.354. The van der Waals surface area contributed by atoms with E-state index in [1.165, 1.54) is 0 Å². The SMILES string of the molecule is CC(=O)OC(N[C@@H](Cc1ccccc1)C(=O)O)C(N)=O. The van der Waals surface area contributed by atoms with Crippen LogP contribution >= 0.6 is 0 Å². The summed E-state index contributed by atoms with van der Waals surface area (Å²) in [5.74, 6) is -2.86. The van der Waals surface area contributed by atoms with E-state index >= 15 is 0 Å². The number of carbonyl (C=O) groups excluding carboxylic acids is 2. The van der Waals surface area contributed by atoms with Gasteiger partial charge in [-0.25, -0.2) is 0 Å². The van der Waals surface area contributed by atoms with Crippen molar-refractivity contribution >= 4 is 17.8 Å². The van der Waals surface area contributed by atoms with Gasteiger partial charge in [0.25, 0.3) is 5.91 Å². The maximum atomic E-state index is 11.2. The van der Waals surface area contributed by atoms with Crippen LogP contribution in [-0.4, -0.2) is 35.2 Å². The van der Waals surface area contributed by atoms with E-state index in [9.17, 15) is 14.4 Å². The van der Waals surface area contributed by atoms with Crippen LogP contribution in [0.3, 0.4) is 0 Å². The number of esters is 1. The molecule has 20 heavy (non-hydrogen) atoms. The lowest BCUT2D eigenvalue weighted by molar-refractivity contribution is -0.157. The summed E-state index contributed by atoms with van der Waals surface area (Å²) >= 11 is 0. The van der Waals surface area contributed by atoms with Gasteiger partial charge in [-0.3, -0.25) is 19.7 Å². The number of carboxylic acids is 1. The average molecular weight is 280 g/mol. The lowest BCUT2D eigenvalue weighted by atomic mass is 10.1. The maximum absolute atomic E-state index is 11.2. The number of nitrogens with two attached hydrogens (primary N) is 1. The van der Waals surface area contributed by atoms with Crippen molar-refractivity contribution in [3.63, 3.8) is 0 Å². The second kappa shape index (κ2) is 7.25.